The summed E-state index contributed by atoms with van der Waals surface area (Å²) in [4.78, 5) is 13.9. The van der Waals surface area contributed by atoms with Crippen molar-refractivity contribution in [3.05, 3.63) is 57.5 Å². The highest BCUT2D eigenvalue weighted by molar-refractivity contribution is 9.10. The summed E-state index contributed by atoms with van der Waals surface area (Å²) in [7, 11) is -3.80. The quantitative estimate of drug-likeness (QED) is 0.632. The molecule has 0 atom stereocenters. The van der Waals surface area contributed by atoms with Crippen molar-refractivity contribution in [1.29, 1.82) is 5.26 Å². The lowest BCUT2D eigenvalue weighted by atomic mass is 10.2. The van der Waals surface area contributed by atoms with Crippen LogP contribution in [0.4, 0.5) is 0 Å². The van der Waals surface area contributed by atoms with E-state index >= 15 is 0 Å². The molecule has 0 saturated carbocycles. The van der Waals surface area contributed by atoms with Crippen LogP contribution in [-0.4, -0.2) is 56.3 Å². The molecule has 10 heteroatoms. The summed E-state index contributed by atoms with van der Waals surface area (Å²) in [5, 5.41) is 9.56. The van der Waals surface area contributed by atoms with E-state index in [0.29, 0.717) is 10.8 Å². The summed E-state index contributed by atoms with van der Waals surface area (Å²) in [6.07, 6.45) is 0. The number of carbonyl (C=O) groups is 1. The number of halogens is 2. The SMILES string of the molecule is N#Cc1ccccc1S(=O)(=O)N1CCN(C(=O)COc2ccc(Br)cc2Cl)CC1. The minimum Gasteiger partial charge on any atom is -0.482 e. The molecular formula is C19H17BrClN3O4S. The van der Waals surface area contributed by atoms with E-state index in [4.69, 9.17) is 16.3 Å². The Morgan fingerprint density at radius 3 is 2.52 bits per heavy atom. The van der Waals surface area contributed by atoms with Gasteiger partial charge >= 0.3 is 0 Å². The molecule has 1 heterocycles. The molecule has 1 aliphatic rings. The van der Waals surface area contributed by atoms with E-state index in [2.05, 4.69) is 15.9 Å². The molecule has 0 aliphatic carbocycles. The second kappa shape index (κ2) is 9.13. The van der Waals surface area contributed by atoms with Crippen LogP contribution in [0.25, 0.3) is 0 Å². The number of nitrogens with zero attached hydrogens (tertiary/aromatic N) is 3. The second-order valence-electron chi connectivity index (χ2n) is 6.26. The minimum absolute atomic E-state index is 0.0181. The molecule has 1 saturated heterocycles. The normalized spacial score (nSPS) is 15.0. The molecule has 1 amide bonds. The van der Waals surface area contributed by atoms with Gasteiger partial charge in [-0.05, 0) is 30.3 Å². The number of hydrogen-bond acceptors (Lipinski definition) is 5. The average Bonchev–Trinajstić information content (AvgIpc) is 2.73. The van der Waals surface area contributed by atoms with Crippen LogP contribution in [0.15, 0.2) is 51.8 Å². The van der Waals surface area contributed by atoms with Crippen LogP contribution in [0.3, 0.4) is 0 Å². The van der Waals surface area contributed by atoms with Crippen molar-refractivity contribution in [2.75, 3.05) is 32.8 Å². The van der Waals surface area contributed by atoms with Gasteiger partial charge in [0, 0.05) is 30.7 Å². The molecule has 0 unspecified atom stereocenters. The third kappa shape index (κ3) is 4.90. The summed E-state index contributed by atoms with van der Waals surface area (Å²) in [5.74, 6) is 0.149. The first-order valence-electron chi connectivity index (χ1n) is 8.68. The summed E-state index contributed by atoms with van der Waals surface area (Å²) < 4.78 is 33.3. The molecular weight excluding hydrogens is 482 g/mol. The number of sulfonamides is 1. The van der Waals surface area contributed by atoms with Gasteiger partial charge in [0.15, 0.2) is 6.61 Å². The molecule has 1 fully saturated rings. The zero-order valence-electron chi connectivity index (χ0n) is 15.2. The molecule has 2 aromatic rings. The maximum absolute atomic E-state index is 12.8. The molecule has 2 aromatic carbocycles. The van der Waals surface area contributed by atoms with Crippen molar-refractivity contribution < 1.29 is 17.9 Å². The molecule has 3 rings (SSSR count). The van der Waals surface area contributed by atoms with E-state index in [0.717, 1.165) is 4.47 Å². The Balaban J connectivity index is 1.60. The Morgan fingerprint density at radius 2 is 1.86 bits per heavy atom. The van der Waals surface area contributed by atoms with Gasteiger partial charge in [0.25, 0.3) is 5.91 Å². The number of carbonyl (C=O) groups excluding carboxylic acids is 1. The Morgan fingerprint density at radius 1 is 1.17 bits per heavy atom. The fourth-order valence-corrected chi connectivity index (χ4v) is 5.22. The molecule has 0 N–H and O–H groups in total. The molecule has 0 spiro atoms. The van der Waals surface area contributed by atoms with Gasteiger partial charge in [0.2, 0.25) is 10.0 Å². The number of rotatable bonds is 5. The summed E-state index contributed by atoms with van der Waals surface area (Å²) in [6.45, 7) is 0.583. The lowest BCUT2D eigenvalue weighted by Crippen LogP contribution is -2.51. The fraction of sp³-hybridized carbons (Fsp3) is 0.263. The smallest absolute Gasteiger partial charge is 0.260 e. The van der Waals surface area contributed by atoms with E-state index in [9.17, 15) is 18.5 Å². The highest BCUT2D eigenvalue weighted by Gasteiger charge is 2.31. The van der Waals surface area contributed by atoms with Crippen LogP contribution in [0, 0.1) is 11.3 Å². The number of ether oxygens (including phenoxy) is 1. The lowest BCUT2D eigenvalue weighted by molar-refractivity contribution is -0.134. The van der Waals surface area contributed by atoms with Crippen LogP contribution < -0.4 is 4.74 Å². The van der Waals surface area contributed by atoms with Gasteiger partial charge < -0.3 is 9.64 Å². The van der Waals surface area contributed by atoms with Crippen molar-refractivity contribution in [1.82, 2.24) is 9.21 Å². The number of hydrogen-bond donors (Lipinski definition) is 0. The maximum Gasteiger partial charge on any atom is 0.260 e. The van der Waals surface area contributed by atoms with Gasteiger partial charge in [0.05, 0.1) is 15.5 Å². The van der Waals surface area contributed by atoms with Gasteiger partial charge in [-0.25, -0.2) is 8.42 Å². The van der Waals surface area contributed by atoms with Gasteiger partial charge in [-0.2, -0.15) is 9.57 Å². The molecule has 1 aliphatic heterocycles. The van der Waals surface area contributed by atoms with Crippen LogP contribution in [0.2, 0.25) is 5.02 Å². The monoisotopic (exact) mass is 497 g/mol. The zero-order chi connectivity index (χ0) is 21.0. The van der Waals surface area contributed by atoms with Gasteiger partial charge in [-0.1, -0.05) is 39.7 Å². The van der Waals surface area contributed by atoms with Crippen LogP contribution in [-0.2, 0) is 14.8 Å². The van der Waals surface area contributed by atoms with E-state index in [1.807, 2.05) is 6.07 Å². The van der Waals surface area contributed by atoms with Gasteiger partial charge in [0.1, 0.15) is 11.8 Å². The standard InChI is InChI=1S/C19H17BrClN3O4S/c20-15-5-6-17(16(21)11-15)28-13-19(25)23-7-9-24(10-8-23)29(26,27)18-4-2-1-3-14(18)12-22/h1-6,11H,7-10,13H2. The highest BCUT2D eigenvalue weighted by atomic mass is 79.9. The third-order valence-corrected chi connectivity index (χ3v) is 7.21. The Labute approximate surface area is 182 Å². The van der Waals surface area contributed by atoms with Crippen molar-refractivity contribution in [3.8, 4) is 11.8 Å². The van der Waals surface area contributed by atoms with Crippen molar-refractivity contribution >= 4 is 43.5 Å². The molecule has 0 aromatic heterocycles. The number of benzene rings is 2. The van der Waals surface area contributed by atoms with Gasteiger partial charge in [-0.3, -0.25) is 4.79 Å². The molecule has 0 radical (unpaired) electrons. The summed E-state index contributed by atoms with van der Waals surface area (Å²) >= 11 is 9.37. The first kappa shape index (κ1) is 21.6. The van der Waals surface area contributed by atoms with E-state index in [1.54, 1.807) is 35.2 Å². The predicted octanol–water partition coefficient (Wildman–Crippen LogP) is 2.89. The topological polar surface area (TPSA) is 90.7 Å². The van der Waals surface area contributed by atoms with Crippen molar-refractivity contribution in [2.24, 2.45) is 0 Å². The Hall–Kier alpha value is -2.12. The minimum atomic E-state index is -3.80. The average molecular weight is 499 g/mol. The largest absolute Gasteiger partial charge is 0.482 e. The first-order valence-corrected chi connectivity index (χ1v) is 11.3. The van der Waals surface area contributed by atoms with Crippen molar-refractivity contribution in [3.63, 3.8) is 0 Å². The maximum atomic E-state index is 12.8. The second-order valence-corrected chi connectivity index (χ2v) is 9.49. The molecule has 0 bridgehead atoms. The van der Waals surface area contributed by atoms with E-state index in [-0.39, 0.29) is 49.2 Å². The number of piperazine rings is 1. The molecule has 29 heavy (non-hydrogen) atoms. The highest BCUT2D eigenvalue weighted by Crippen LogP contribution is 2.28. The molecule has 152 valence electrons. The molecule has 7 nitrogen and oxygen atoms in total. The van der Waals surface area contributed by atoms with Crippen LogP contribution >= 0.6 is 27.5 Å². The van der Waals surface area contributed by atoms with Crippen LogP contribution in [0.5, 0.6) is 5.75 Å². The summed E-state index contributed by atoms with van der Waals surface area (Å²) in [5.41, 5.74) is 0.103. The number of amides is 1. The number of nitriles is 1. The van der Waals surface area contributed by atoms with E-state index in [1.165, 1.54) is 16.4 Å². The van der Waals surface area contributed by atoms with Crippen LogP contribution in [0.1, 0.15) is 5.56 Å². The fourth-order valence-electron chi connectivity index (χ4n) is 2.92. The lowest BCUT2D eigenvalue weighted by Gasteiger charge is -2.34. The first-order chi connectivity index (χ1) is 13.8. The Kier molecular flexibility index (Phi) is 6.80. The summed E-state index contributed by atoms with van der Waals surface area (Å²) in [6, 6.07) is 13.1. The predicted molar refractivity (Wildman–Crippen MR) is 111 cm³/mol. The Bertz CT molecular complexity index is 1060. The third-order valence-electron chi connectivity index (χ3n) is 4.46. The zero-order valence-corrected chi connectivity index (χ0v) is 18.4. The van der Waals surface area contributed by atoms with E-state index < -0.39 is 10.0 Å². The van der Waals surface area contributed by atoms with Crippen molar-refractivity contribution in [2.45, 2.75) is 4.90 Å². The van der Waals surface area contributed by atoms with Gasteiger partial charge in [-0.15, -0.1) is 0 Å².